The molecule has 0 fully saturated rings. The Balaban J connectivity index is 1.77. The summed E-state index contributed by atoms with van der Waals surface area (Å²) >= 11 is 0. The third-order valence-electron chi connectivity index (χ3n) is 5.24. The van der Waals surface area contributed by atoms with Gasteiger partial charge in [-0.1, -0.05) is 91.0 Å². The van der Waals surface area contributed by atoms with E-state index in [9.17, 15) is 0 Å². The SMILES string of the molecule is c1ccc(C(Oc2ccc3ccoc3c2)(c2ccccc2)c2ccccc2)cc1. The van der Waals surface area contributed by atoms with Crippen molar-refractivity contribution in [1.82, 2.24) is 0 Å². The number of rotatable bonds is 5. The second-order valence-electron chi connectivity index (χ2n) is 7.00. The molecule has 4 aromatic carbocycles. The van der Waals surface area contributed by atoms with Gasteiger partial charge in [0.05, 0.1) is 6.26 Å². The zero-order valence-electron chi connectivity index (χ0n) is 15.9. The van der Waals surface area contributed by atoms with Gasteiger partial charge in [0.1, 0.15) is 11.3 Å². The molecule has 29 heavy (non-hydrogen) atoms. The van der Waals surface area contributed by atoms with Gasteiger partial charge in [-0.05, 0) is 18.2 Å². The zero-order valence-corrected chi connectivity index (χ0v) is 15.9. The normalized spacial score (nSPS) is 11.4. The van der Waals surface area contributed by atoms with Gasteiger partial charge in [-0.2, -0.15) is 0 Å². The van der Waals surface area contributed by atoms with Crippen molar-refractivity contribution >= 4 is 11.0 Å². The van der Waals surface area contributed by atoms with Crippen molar-refractivity contribution in [3.63, 3.8) is 0 Å². The number of hydrogen-bond donors (Lipinski definition) is 0. The Morgan fingerprint density at radius 2 is 1.07 bits per heavy atom. The molecule has 1 aromatic heterocycles. The number of fused-ring (bicyclic) bond motifs is 1. The van der Waals surface area contributed by atoms with E-state index < -0.39 is 5.60 Å². The minimum atomic E-state index is -0.788. The Morgan fingerprint density at radius 3 is 1.59 bits per heavy atom. The van der Waals surface area contributed by atoms with E-state index in [1.807, 2.05) is 42.5 Å². The molecule has 2 nitrogen and oxygen atoms in total. The maximum absolute atomic E-state index is 6.88. The third-order valence-corrected chi connectivity index (χ3v) is 5.24. The van der Waals surface area contributed by atoms with Gasteiger partial charge in [0, 0.05) is 28.1 Å². The lowest BCUT2D eigenvalue weighted by Gasteiger charge is -2.36. The molecular formula is C27H20O2. The number of benzene rings is 4. The lowest BCUT2D eigenvalue weighted by molar-refractivity contribution is 0.155. The van der Waals surface area contributed by atoms with Crippen LogP contribution in [0.1, 0.15) is 16.7 Å². The summed E-state index contributed by atoms with van der Waals surface area (Å²) in [6.45, 7) is 0. The van der Waals surface area contributed by atoms with Gasteiger partial charge in [-0.15, -0.1) is 0 Å². The monoisotopic (exact) mass is 376 g/mol. The quantitative estimate of drug-likeness (QED) is 0.315. The van der Waals surface area contributed by atoms with E-state index in [4.69, 9.17) is 9.15 Å². The molecule has 0 spiro atoms. The molecule has 1 heterocycles. The summed E-state index contributed by atoms with van der Waals surface area (Å²) in [6, 6.07) is 39.0. The minimum absolute atomic E-state index is 0.754. The van der Waals surface area contributed by atoms with E-state index in [0.29, 0.717) is 0 Å². The molecule has 0 bridgehead atoms. The lowest BCUT2D eigenvalue weighted by Crippen LogP contribution is -2.36. The highest BCUT2D eigenvalue weighted by Gasteiger charge is 2.39. The van der Waals surface area contributed by atoms with Crippen LogP contribution in [0.5, 0.6) is 5.75 Å². The predicted octanol–water partition coefficient (Wildman–Crippen LogP) is 6.80. The molecule has 0 N–H and O–H groups in total. The maximum Gasteiger partial charge on any atom is 0.184 e. The largest absolute Gasteiger partial charge is 0.473 e. The summed E-state index contributed by atoms with van der Waals surface area (Å²) in [5.41, 5.74) is 3.22. The van der Waals surface area contributed by atoms with E-state index in [2.05, 4.69) is 72.8 Å². The highest BCUT2D eigenvalue weighted by Crippen LogP contribution is 2.41. The Labute approximate surface area is 170 Å². The predicted molar refractivity (Wildman–Crippen MR) is 116 cm³/mol. The van der Waals surface area contributed by atoms with E-state index in [1.165, 1.54) is 0 Å². The van der Waals surface area contributed by atoms with Gasteiger partial charge in [0.15, 0.2) is 5.60 Å². The molecule has 0 saturated heterocycles. The Bertz CT molecular complexity index is 1110. The van der Waals surface area contributed by atoms with Crippen LogP contribution in [0.2, 0.25) is 0 Å². The number of furan rings is 1. The van der Waals surface area contributed by atoms with Crippen LogP contribution in [0.3, 0.4) is 0 Å². The van der Waals surface area contributed by atoms with Gasteiger partial charge in [-0.3, -0.25) is 0 Å². The molecule has 0 aliphatic carbocycles. The van der Waals surface area contributed by atoms with E-state index in [-0.39, 0.29) is 0 Å². The van der Waals surface area contributed by atoms with Crippen LogP contribution in [0.25, 0.3) is 11.0 Å². The maximum atomic E-state index is 6.88. The molecule has 0 aliphatic heterocycles. The summed E-state index contributed by atoms with van der Waals surface area (Å²) in [6.07, 6.45) is 1.70. The topological polar surface area (TPSA) is 22.4 Å². The fraction of sp³-hybridized carbons (Fsp3) is 0.0370. The first kappa shape index (κ1) is 17.3. The molecular weight excluding hydrogens is 356 g/mol. The average molecular weight is 376 g/mol. The molecule has 0 unspecified atom stereocenters. The highest BCUT2D eigenvalue weighted by atomic mass is 16.5. The van der Waals surface area contributed by atoms with Crippen molar-refractivity contribution in [3.05, 3.63) is 138 Å². The fourth-order valence-electron chi connectivity index (χ4n) is 3.87. The van der Waals surface area contributed by atoms with Crippen LogP contribution in [-0.4, -0.2) is 0 Å². The van der Waals surface area contributed by atoms with Crippen molar-refractivity contribution in [1.29, 1.82) is 0 Å². The molecule has 0 saturated carbocycles. The van der Waals surface area contributed by atoms with Crippen molar-refractivity contribution in [2.75, 3.05) is 0 Å². The second kappa shape index (κ2) is 7.33. The number of ether oxygens (including phenoxy) is 1. The van der Waals surface area contributed by atoms with E-state index >= 15 is 0 Å². The molecule has 5 aromatic rings. The number of hydrogen-bond acceptors (Lipinski definition) is 2. The summed E-state index contributed by atoms with van der Waals surface area (Å²) in [7, 11) is 0. The van der Waals surface area contributed by atoms with Crippen molar-refractivity contribution < 1.29 is 9.15 Å². The van der Waals surface area contributed by atoms with Crippen molar-refractivity contribution in [3.8, 4) is 5.75 Å². The summed E-state index contributed by atoms with van der Waals surface area (Å²) in [4.78, 5) is 0. The van der Waals surface area contributed by atoms with Crippen LogP contribution in [0.15, 0.2) is 126 Å². The van der Waals surface area contributed by atoms with Gasteiger partial charge in [0.25, 0.3) is 0 Å². The summed E-state index contributed by atoms with van der Waals surface area (Å²) < 4.78 is 12.5. The molecule has 2 heteroatoms. The molecule has 140 valence electrons. The first-order chi connectivity index (χ1) is 14.4. The van der Waals surface area contributed by atoms with Gasteiger partial charge in [0.2, 0.25) is 0 Å². The third kappa shape index (κ3) is 3.09. The molecule has 0 atom stereocenters. The van der Waals surface area contributed by atoms with E-state index in [0.717, 1.165) is 33.4 Å². The van der Waals surface area contributed by atoms with Crippen LogP contribution in [0, 0.1) is 0 Å². The molecule has 0 amide bonds. The average Bonchev–Trinajstić information content (AvgIpc) is 3.27. The smallest absolute Gasteiger partial charge is 0.184 e. The summed E-state index contributed by atoms with van der Waals surface area (Å²) in [5.74, 6) is 0.754. The standard InChI is InChI=1S/C27H20O2/c1-4-10-22(11-5-1)27(23-12-6-2-7-13-23,24-14-8-3-9-15-24)29-25-17-16-21-18-19-28-26(21)20-25/h1-20H. The zero-order chi connectivity index (χ0) is 19.5. The van der Waals surface area contributed by atoms with Crippen molar-refractivity contribution in [2.24, 2.45) is 0 Å². The van der Waals surface area contributed by atoms with Crippen molar-refractivity contribution in [2.45, 2.75) is 5.60 Å². The highest BCUT2D eigenvalue weighted by molar-refractivity contribution is 5.78. The Kier molecular flexibility index (Phi) is 4.38. The van der Waals surface area contributed by atoms with E-state index in [1.54, 1.807) is 6.26 Å². The van der Waals surface area contributed by atoms with Crippen LogP contribution < -0.4 is 4.74 Å². The van der Waals surface area contributed by atoms with Crippen LogP contribution >= 0.6 is 0 Å². The Morgan fingerprint density at radius 1 is 0.552 bits per heavy atom. The Hall–Kier alpha value is -3.78. The van der Waals surface area contributed by atoms with Crippen LogP contribution in [0.4, 0.5) is 0 Å². The van der Waals surface area contributed by atoms with Crippen LogP contribution in [-0.2, 0) is 5.60 Å². The summed E-state index contributed by atoms with van der Waals surface area (Å²) in [5, 5.41) is 1.06. The fourth-order valence-corrected chi connectivity index (χ4v) is 3.87. The first-order valence-electron chi connectivity index (χ1n) is 9.69. The molecule has 0 aliphatic rings. The minimum Gasteiger partial charge on any atom is -0.473 e. The van der Waals surface area contributed by atoms with Gasteiger partial charge in [-0.25, -0.2) is 0 Å². The van der Waals surface area contributed by atoms with Gasteiger partial charge >= 0.3 is 0 Å². The second-order valence-corrected chi connectivity index (χ2v) is 7.00. The first-order valence-corrected chi connectivity index (χ1v) is 9.69. The van der Waals surface area contributed by atoms with Gasteiger partial charge < -0.3 is 9.15 Å². The lowest BCUT2D eigenvalue weighted by atomic mass is 9.80. The molecule has 0 radical (unpaired) electrons. The molecule has 5 rings (SSSR count).